The third kappa shape index (κ3) is 13.9. The molecule has 4 bridgehead atoms. The van der Waals surface area contributed by atoms with E-state index >= 15 is 0 Å². The molecule has 514 valence electrons. The number of rotatable bonds is 23. The lowest BCUT2D eigenvalue weighted by molar-refractivity contribution is -0.342. The Morgan fingerprint density at radius 3 is 2.18 bits per heavy atom. The van der Waals surface area contributed by atoms with Crippen LogP contribution in [0.5, 0.6) is 17.2 Å². The molecule has 10 fully saturated rings. The van der Waals surface area contributed by atoms with Crippen molar-refractivity contribution in [2.24, 2.45) is 35.0 Å². The topological polar surface area (TPSA) is 287 Å². The zero-order chi connectivity index (χ0) is 66.6. The highest BCUT2D eigenvalue weighted by Crippen LogP contribution is 2.71. The molecule has 4 heterocycles. The lowest BCUT2D eigenvalue weighted by atomic mass is 9.44. The molecule has 0 amide bonds. The van der Waals surface area contributed by atoms with Crippen LogP contribution < -0.4 is 25.0 Å². The molecular formula is C67H91IN2O20S3. The second-order valence-corrected chi connectivity index (χ2v) is 32.1. The molecule has 12 rings (SSSR count). The molecule has 93 heavy (non-hydrogen) atoms. The van der Waals surface area contributed by atoms with Crippen LogP contribution in [0.4, 0.5) is 0 Å². The molecule has 1 aromatic rings. The number of hydrogen-bond acceptors (Lipinski definition) is 25. The van der Waals surface area contributed by atoms with Crippen LogP contribution in [0.2, 0.25) is 0 Å². The van der Waals surface area contributed by atoms with Crippen LogP contribution in [0.1, 0.15) is 122 Å². The van der Waals surface area contributed by atoms with Gasteiger partial charge in [0.15, 0.2) is 30.4 Å². The number of benzene rings is 1. The maximum atomic E-state index is 14.5. The van der Waals surface area contributed by atoms with Gasteiger partial charge in [0.1, 0.15) is 53.8 Å². The highest BCUT2D eigenvalue weighted by atomic mass is 127. The average Bonchev–Trinajstić information content (AvgIpc) is 1.55. The Morgan fingerprint density at radius 1 is 0.839 bits per heavy atom. The largest absolute Gasteiger partial charge is 0.492 e. The summed E-state index contributed by atoms with van der Waals surface area (Å²) in [5.41, 5.74) is 1.57. The Bertz CT molecular complexity index is 3090. The van der Waals surface area contributed by atoms with Gasteiger partial charge in [0.2, 0.25) is 17.2 Å². The summed E-state index contributed by atoms with van der Waals surface area (Å²) in [6.07, 6.45) is -4.83. The van der Waals surface area contributed by atoms with Gasteiger partial charge in [-0.15, -0.1) is 0 Å². The number of carbonyl (C=O) groups is 3. The summed E-state index contributed by atoms with van der Waals surface area (Å²) in [4.78, 5) is 48.3. The number of hydroxylamine groups is 1. The number of allylic oxidation sites excluding steroid dienone is 2. The number of aliphatic hydroxyl groups is 5. The highest BCUT2D eigenvalue weighted by molar-refractivity contribution is 14.1. The van der Waals surface area contributed by atoms with Crippen LogP contribution in [0.25, 0.3) is 0 Å². The molecule has 6 saturated carbocycles. The maximum absolute atomic E-state index is 14.5. The zero-order valence-electron chi connectivity index (χ0n) is 54.6. The number of nitrogens with one attached hydrogen (secondary N) is 2. The van der Waals surface area contributed by atoms with Crippen LogP contribution in [-0.2, 0) is 52.3 Å². The molecule has 7 aliphatic carbocycles. The van der Waals surface area contributed by atoms with Crippen molar-refractivity contribution in [1.29, 1.82) is 0 Å². The van der Waals surface area contributed by atoms with Crippen LogP contribution in [0.3, 0.4) is 0 Å². The molecular weight excluding hydrogens is 1380 g/mol. The second kappa shape index (κ2) is 29.7. The highest BCUT2D eigenvalue weighted by Gasteiger charge is 2.78. The van der Waals surface area contributed by atoms with Crippen LogP contribution >= 0.6 is 55.9 Å². The molecule has 7 N–H and O–H groups in total. The number of Topliss-reactive ketones (excluding diaryl/α,β-unsaturated/α-hetero) is 2. The third-order valence-corrected chi connectivity index (χ3v) is 26.7. The van der Waals surface area contributed by atoms with Gasteiger partial charge in [0.05, 0.1) is 83.2 Å². The minimum atomic E-state index is -1.72. The number of halogens is 1. The van der Waals surface area contributed by atoms with Gasteiger partial charge in [-0.25, -0.2) is 0 Å². The first-order valence-corrected chi connectivity index (χ1v) is 36.8. The Hall–Kier alpha value is -2.63. The monoisotopic (exact) mass is 1470 g/mol. The van der Waals surface area contributed by atoms with Crippen molar-refractivity contribution < 1.29 is 96.9 Å². The second-order valence-electron chi connectivity index (χ2n) is 27.0. The maximum Gasteiger partial charge on any atom is 0.229 e. The van der Waals surface area contributed by atoms with Crippen molar-refractivity contribution in [3.8, 4) is 40.9 Å². The van der Waals surface area contributed by atoms with Crippen molar-refractivity contribution >= 4 is 72.6 Å². The minimum Gasteiger partial charge on any atom is -0.492 e. The minimum absolute atomic E-state index is 0.0437. The molecule has 3 unspecified atom stereocenters. The summed E-state index contributed by atoms with van der Waals surface area (Å²) in [5.74, 6) is 13.9. The van der Waals surface area contributed by atoms with Crippen molar-refractivity contribution in [3.05, 3.63) is 38.0 Å². The Balaban J connectivity index is 0.820. The molecule has 4 aliphatic heterocycles. The van der Waals surface area contributed by atoms with E-state index in [2.05, 4.69) is 34.5 Å². The number of ketones is 2. The van der Waals surface area contributed by atoms with Crippen LogP contribution in [0.15, 0.2) is 23.3 Å². The third-order valence-electron chi connectivity index (χ3n) is 20.9. The van der Waals surface area contributed by atoms with E-state index in [9.17, 15) is 39.9 Å². The number of ether oxygens (including phenoxy) is 11. The first-order valence-electron chi connectivity index (χ1n) is 32.5. The molecule has 1 spiro atoms. The summed E-state index contributed by atoms with van der Waals surface area (Å²) in [6.45, 7) is 12.9. The average molecular weight is 1470 g/mol. The van der Waals surface area contributed by atoms with Gasteiger partial charge in [-0.05, 0) is 144 Å². The quantitative estimate of drug-likeness (QED) is 0.0168. The van der Waals surface area contributed by atoms with Crippen LogP contribution in [0, 0.1) is 69.2 Å². The molecule has 26 heteroatoms. The lowest BCUT2D eigenvalue weighted by Crippen LogP contribution is -2.69. The SMILES string of the molecule is CCN[C@H]1CO[C@@H](O[C@H]2[C@H](O[C@H]3C#C/C=C(/C)C#CC45C(CC(C)=O)C(=O)C[C@]4(O)/C(=C/CSSC46CC7CC(CC(C7)C4)C6)C35)O[C@H](C)[C@@H](NO[C@H]3C[C@H](O)[C@H](SC(=O)c4c(C)c(I)c(O[C@@H]5O[C@@H](C)[C@H](O)[C@@H](OC)[C@H]5O)c(OC)c4OC)[C@@H](C)O3)[C@@H]2O)C[C@@H]1OC. The molecule has 0 aromatic heterocycles. The molecule has 0 radical (unpaired) electrons. The smallest absolute Gasteiger partial charge is 0.229 e. The summed E-state index contributed by atoms with van der Waals surface area (Å²) in [6, 6.07) is -1.18. The molecule has 22 nitrogen and oxygen atoms in total. The summed E-state index contributed by atoms with van der Waals surface area (Å²) in [7, 11) is 9.50. The predicted molar refractivity (Wildman–Crippen MR) is 354 cm³/mol. The van der Waals surface area contributed by atoms with Crippen molar-refractivity contribution in [2.45, 2.75) is 233 Å². The van der Waals surface area contributed by atoms with E-state index in [0.717, 1.165) is 29.5 Å². The van der Waals surface area contributed by atoms with E-state index in [1.807, 2.05) is 46.4 Å². The molecule has 22 atom stereocenters. The number of carbonyl (C=O) groups excluding carboxylic acids is 3. The Kier molecular flexibility index (Phi) is 22.9. The number of aliphatic hydroxyl groups excluding tert-OH is 4. The number of thioether (sulfide) groups is 1. The fraction of sp³-hybridized carbons (Fsp3) is 0.746. The first-order chi connectivity index (χ1) is 44.4. The molecule has 11 aliphatic rings. The van der Waals surface area contributed by atoms with E-state index in [4.69, 9.17) is 56.9 Å². The number of hydrogen-bond donors (Lipinski definition) is 7. The van der Waals surface area contributed by atoms with Crippen molar-refractivity contribution in [2.75, 3.05) is 47.3 Å². The fourth-order valence-electron chi connectivity index (χ4n) is 16.8. The van der Waals surface area contributed by atoms with E-state index in [0.29, 0.717) is 32.6 Å². The predicted octanol–water partition coefficient (Wildman–Crippen LogP) is 5.88. The van der Waals surface area contributed by atoms with Crippen molar-refractivity contribution in [3.63, 3.8) is 0 Å². The molecule has 4 saturated heterocycles. The number of methoxy groups -OCH3 is 4. The van der Waals surface area contributed by atoms with E-state index < -0.39 is 125 Å². The summed E-state index contributed by atoms with van der Waals surface area (Å²) in [5, 5.41) is 61.6. The van der Waals surface area contributed by atoms with Gasteiger partial charge in [0, 0.05) is 67.8 Å². The number of likely N-dealkylation sites (N-methyl/N-ethyl adjacent to an activating group) is 1. The fourth-order valence-corrected chi connectivity index (χ4v) is 21.8. The van der Waals surface area contributed by atoms with Gasteiger partial charge in [-0.3, -0.25) is 14.4 Å². The zero-order valence-corrected chi connectivity index (χ0v) is 59.2. The Labute approximate surface area is 570 Å². The van der Waals surface area contributed by atoms with Gasteiger partial charge in [-0.2, -0.15) is 5.48 Å². The molecule has 1 aromatic carbocycles. The van der Waals surface area contributed by atoms with E-state index in [-0.39, 0.29) is 83.6 Å². The summed E-state index contributed by atoms with van der Waals surface area (Å²) >= 11 is 2.87. The van der Waals surface area contributed by atoms with Gasteiger partial charge in [0.25, 0.3) is 0 Å². The first kappa shape index (κ1) is 71.6. The van der Waals surface area contributed by atoms with E-state index in [1.54, 1.807) is 58.6 Å². The van der Waals surface area contributed by atoms with E-state index in [1.165, 1.54) is 66.8 Å². The van der Waals surface area contributed by atoms with Gasteiger partial charge >= 0.3 is 0 Å². The summed E-state index contributed by atoms with van der Waals surface area (Å²) < 4.78 is 69.1. The Morgan fingerprint density at radius 2 is 1.54 bits per heavy atom. The lowest BCUT2D eigenvalue weighted by Gasteiger charge is -2.60. The van der Waals surface area contributed by atoms with Crippen LogP contribution in [-0.4, -0.2) is 210 Å². The van der Waals surface area contributed by atoms with Gasteiger partial charge in [-0.1, -0.05) is 70.0 Å². The van der Waals surface area contributed by atoms with Crippen molar-refractivity contribution in [1.82, 2.24) is 10.8 Å². The van der Waals surface area contributed by atoms with Gasteiger partial charge < -0.3 is 87.7 Å². The standard InChI is InChI=1S/C67H91IN2O20S3/c1-12-69-42-30-83-47(25-46(42)79-8)88-59-54(75)52(70-90-48-24-43(72)61(36(7)84-48)92-62(77)49-33(4)51(68)57(60(82-11)56(49)80-9)89-63-55(76)58(81-10)53(74)35(6)86-63)34(5)85-64(59)87-45-15-13-14-31(2)16-18-66-41(20-32(3)71)44(73)29-67(66,78)40(50(45)66)17-19-91-93-65-26-37-21-38(27-65)23-39(22-37)28-65/h14,17,34-39,41-43,45-48,50,52-55,58-59,61,63-64,69-70,72,74-76,78H,12,19-30H2,1-11H3/b31-14-,40-17+/t34-,35+,36-,37?,38?,39?,41?,42+,43+,45+,46+,47+,48+,50?,52-,53+,54+,55-,58-,59-,61-,63+,64+,65?,66?,67+/m1/s1. The normalized spacial score (nSPS) is 43.4.